The van der Waals surface area contributed by atoms with Gasteiger partial charge < -0.3 is 14.9 Å². The van der Waals surface area contributed by atoms with Crippen LogP contribution in [0.3, 0.4) is 0 Å². The number of hydrogen-bond donors (Lipinski definition) is 2. The molecular formula is C13H16O4. The molecule has 0 unspecified atom stereocenters. The van der Waals surface area contributed by atoms with Gasteiger partial charge in [0.15, 0.2) is 5.60 Å². The number of benzene rings is 1. The first-order valence-corrected chi connectivity index (χ1v) is 5.74. The minimum Gasteiger partial charge on any atom is -0.459 e. The van der Waals surface area contributed by atoms with E-state index < -0.39 is 17.7 Å². The van der Waals surface area contributed by atoms with Crippen molar-refractivity contribution in [2.45, 2.75) is 37.6 Å². The summed E-state index contributed by atoms with van der Waals surface area (Å²) in [5, 5.41) is 19.5. The number of rotatable bonds is 3. The molecule has 0 saturated heterocycles. The van der Waals surface area contributed by atoms with Crippen LogP contribution in [0.15, 0.2) is 30.3 Å². The second kappa shape index (κ2) is 4.85. The maximum absolute atomic E-state index is 11.7. The van der Waals surface area contributed by atoms with E-state index in [-0.39, 0.29) is 13.0 Å². The predicted octanol–water partition coefficient (Wildman–Crippen LogP) is 1.01. The van der Waals surface area contributed by atoms with E-state index >= 15 is 0 Å². The maximum Gasteiger partial charge on any atom is 0.341 e. The highest BCUT2D eigenvalue weighted by molar-refractivity contribution is 5.80. The lowest BCUT2D eigenvalue weighted by atomic mass is 10.0. The lowest BCUT2D eigenvalue weighted by Crippen LogP contribution is -2.46. The van der Waals surface area contributed by atoms with Crippen LogP contribution in [0.4, 0.5) is 0 Å². The Labute approximate surface area is 99.8 Å². The Balaban J connectivity index is 1.94. The summed E-state index contributed by atoms with van der Waals surface area (Å²) in [6, 6.07) is 9.25. The number of aliphatic hydroxyl groups is 2. The fraction of sp³-hybridized carbons (Fsp3) is 0.462. The van der Waals surface area contributed by atoms with Gasteiger partial charge in [-0.25, -0.2) is 4.79 Å². The molecule has 0 amide bonds. The summed E-state index contributed by atoms with van der Waals surface area (Å²) in [4.78, 5) is 11.7. The van der Waals surface area contributed by atoms with E-state index in [1.54, 1.807) is 0 Å². The summed E-state index contributed by atoms with van der Waals surface area (Å²) in [7, 11) is 0. The first-order valence-electron chi connectivity index (χ1n) is 5.74. The number of ether oxygens (including phenoxy) is 1. The lowest BCUT2D eigenvalue weighted by Gasteiger charge is -2.23. The minimum atomic E-state index is -1.71. The molecule has 1 fully saturated rings. The molecule has 0 aromatic heterocycles. The average molecular weight is 236 g/mol. The van der Waals surface area contributed by atoms with Crippen LogP contribution in [-0.2, 0) is 16.1 Å². The van der Waals surface area contributed by atoms with Crippen LogP contribution < -0.4 is 0 Å². The van der Waals surface area contributed by atoms with Crippen molar-refractivity contribution in [3.63, 3.8) is 0 Å². The van der Waals surface area contributed by atoms with E-state index in [1.807, 2.05) is 30.3 Å². The summed E-state index contributed by atoms with van der Waals surface area (Å²) in [5.41, 5.74) is -0.855. The molecule has 1 aromatic carbocycles. The maximum atomic E-state index is 11.7. The van der Waals surface area contributed by atoms with E-state index in [9.17, 15) is 15.0 Å². The molecule has 0 heterocycles. The number of esters is 1. The summed E-state index contributed by atoms with van der Waals surface area (Å²) in [6.07, 6.45) is 0.336. The molecule has 0 spiro atoms. The third kappa shape index (κ3) is 2.48. The standard InChI is InChI=1S/C13H16O4/c14-11-7-4-8-13(11,16)12(15)17-9-10-5-2-1-3-6-10/h1-3,5-6,11,14,16H,4,7-9H2/t11-,13-/m1/s1. The molecule has 2 atom stereocenters. The van der Waals surface area contributed by atoms with Crippen LogP contribution in [0.5, 0.6) is 0 Å². The van der Waals surface area contributed by atoms with Gasteiger partial charge in [0.2, 0.25) is 0 Å². The zero-order valence-corrected chi connectivity index (χ0v) is 9.50. The van der Waals surface area contributed by atoms with Crippen molar-refractivity contribution in [3.8, 4) is 0 Å². The summed E-state index contributed by atoms with van der Waals surface area (Å²) >= 11 is 0. The first kappa shape index (κ1) is 12.1. The molecule has 1 aliphatic rings. The summed E-state index contributed by atoms with van der Waals surface area (Å²) in [6.45, 7) is 0.120. The van der Waals surface area contributed by atoms with E-state index in [0.717, 1.165) is 5.56 Å². The molecule has 0 bridgehead atoms. The van der Waals surface area contributed by atoms with Crippen LogP contribution in [0.2, 0.25) is 0 Å². The summed E-state index contributed by atoms with van der Waals surface area (Å²) in [5.74, 6) is -0.730. The van der Waals surface area contributed by atoms with Crippen molar-refractivity contribution < 1.29 is 19.7 Å². The van der Waals surface area contributed by atoms with Crippen LogP contribution in [-0.4, -0.2) is 27.9 Å². The van der Waals surface area contributed by atoms with Gasteiger partial charge in [-0.15, -0.1) is 0 Å². The van der Waals surface area contributed by atoms with Gasteiger partial charge in [-0.2, -0.15) is 0 Å². The fourth-order valence-corrected chi connectivity index (χ4v) is 2.06. The molecule has 4 heteroatoms. The Bertz CT molecular complexity index is 390. The third-order valence-corrected chi connectivity index (χ3v) is 3.15. The number of aliphatic hydroxyl groups excluding tert-OH is 1. The molecule has 92 valence electrons. The van der Waals surface area contributed by atoms with Gasteiger partial charge in [-0.05, 0) is 24.8 Å². The topological polar surface area (TPSA) is 66.8 Å². The molecule has 2 N–H and O–H groups in total. The van der Waals surface area contributed by atoms with Crippen LogP contribution in [0.25, 0.3) is 0 Å². The van der Waals surface area contributed by atoms with E-state index in [1.165, 1.54) is 0 Å². The first-order chi connectivity index (χ1) is 8.13. The zero-order chi connectivity index (χ0) is 12.3. The largest absolute Gasteiger partial charge is 0.459 e. The number of carbonyl (C=O) groups is 1. The lowest BCUT2D eigenvalue weighted by molar-refractivity contribution is -0.175. The molecule has 17 heavy (non-hydrogen) atoms. The van der Waals surface area contributed by atoms with Crippen LogP contribution >= 0.6 is 0 Å². The average Bonchev–Trinajstić information content (AvgIpc) is 2.69. The number of carbonyl (C=O) groups excluding carboxylic acids is 1. The Morgan fingerprint density at radius 1 is 1.41 bits per heavy atom. The molecule has 1 saturated carbocycles. The Morgan fingerprint density at radius 2 is 2.12 bits per heavy atom. The highest BCUT2D eigenvalue weighted by Crippen LogP contribution is 2.31. The minimum absolute atomic E-state index is 0.120. The Hall–Kier alpha value is -1.39. The van der Waals surface area contributed by atoms with Crippen molar-refractivity contribution in [1.82, 2.24) is 0 Å². The smallest absolute Gasteiger partial charge is 0.341 e. The zero-order valence-electron chi connectivity index (χ0n) is 9.50. The monoisotopic (exact) mass is 236 g/mol. The molecule has 2 rings (SSSR count). The van der Waals surface area contributed by atoms with Crippen molar-refractivity contribution in [2.75, 3.05) is 0 Å². The molecule has 0 radical (unpaired) electrons. The van der Waals surface area contributed by atoms with Gasteiger partial charge in [0, 0.05) is 0 Å². The third-order valence-electron chi connectivity index (χ3n) is 3.15. The molecule has 0 aliphatic heterocycles. The normalized spacial score (nSPS) is 28.0. The van der Waals surface area contributed by atoms with Crippen LogP contribution in [0, 0.1) is 0 Å². The molecule has 1 aromatic rings. The quantitative estimate of drug-likeness (QED) is 0.768. The van der Waals surface area contributed by atoms with Gasteiger partial charge in [-0.1, -0.05) is 30.3 Å². The van der Waals surface area contributed by atoms with Gasteiger partial charge in [0.25, 0.3) is 0 Å². The predicted molar refractivity (Wildman–Crippen MR) is 61.0 cm³/mol. The molecular weight excluding hydrogens is 220 g/mol. The van der Waals surface area contributed by atoms with Crippen molar-refractivity contribution in [2.24, 2.45) is 0 Å². The highest BCUT2D eigenvalue weighted by atomic mass is 16.6. The van der Waals surface area contributed by atoms with Gasteiger partial charge in [-0.3, -0.25) is 0 Å². The van der Waals surface area contributed by atoms with E-state index in [0.29, 0.717) is 12.8 Å². The van der Waals surface area contributed by atoms with Crippen molar-refractivity contribution in [3.05, 3.63) is 35.9 Å². The SMILES string of the molecule is O=C(OCc1ccccc1)[C@@]1(O)CCC[C@H]1O. The van der Waals surface area contributed by atoms with Crippen molar-refractivity contribution in [1.29, 1.82) is 0 Å². The second-order valence-corrected chi connectivity index (χ2v) is 4.39. The Morgan fingerprint density at radius 3 is 2.71 bits per heavy atom. The fourth-order valence-electron chi connectivity index (χ4n) is 2.06. The van der Waals surface area contributed by atoms with E-state index in [2.05, 4.69) is 0 Å². The Kier molecular flexibility index (Phi) is 3.45. The summed E-state index contributed by atoms with van der Waals surface area (Å²) < 4.78 is 5.04. The van der Waals surface area contributed by atoms with Crippen LogP contribution in [0.1, 0.15) is 24.8 Å². The highest BCUT2D eigenvalue weighted by Gasteiger charge is 2.48. The van der Waals surface area contributed by atoms with Gasteiger partial charge in [0.05, 0.1) is 6.10 Å². The van der Waals surface area contributed by atoms with E-state index in [4.69, 9.17) is 4.74 Å². The van der Waals surface area contributed by atoms with Gasteiger partial charge in [0.1, 0.15) is 6.61 Å². The molecule has 1 aliphatic carbocycles. The van der Waals surface area contributed by atoms with Crippen molar-refractivity contribution >= 4 is 5.97 Å². The number of hydrogen-bond acceptors (Lipinski definition) is 4. The second-order valence-electron chi connectivity index (χ2n) is 4.39. The van der Waals surface area contributed by atoms with Gasteiger partial charge >= 0.3 is 5.97 Å². The molecule has 4 nitrogen and oxygen atoms in total.